The van der Waals surface area contributed by atoms with Crippen LogP contribution >= 0.6 is 0 Å². The number of esters is 1. The highest BCUT2D eigenvalue weighted by atomic mass is 16.5. The molecule has 0 atom stereocenters. The van der Waals surface area contributed by atoms with E-state index in [0.717, 1.165) is 12.2 Å². The molecule has 0 heterocycles. The first-order chi connectivity index (χ1) is 8.98. The summed E-state index contributed by atoms with van der Waals surface area (Å²) in [5.74, 6) is 0.425. The maximum atomic E-state index is 11.5. The Labute approximate surface area is 114 Å². The molecule has 1 rings (SSSR count). The van der Waals surface area contributed by atoms with Crippen molar-refractivity contribution in [3.05, 3.63) is 29.8 Å². The average Bonchev–Trinajstić information content (AvgIpc) is 2.39. The van der Waals surface area contributed by atoms with Gasteiger partial charge in [-0.1, -0.05) is 0 Å². The van der Waals surface area contributed by atoms with E-state index in [1.165, 1.54) is 0 Å². The molecule has 106 valence electrons. The fraction of sp³-hybridized carbons (Fsp3) is 0.533. The van der Waals surface area contributed by atoms with Crippen LogP contribution < -0.4 is 4.74 Å². The van der Waals surface area contributed by atoms with Crippen LogP contribution in [0.3, 0.4) is 0 Å². The van der Waals surface area contributed by atoms with Crippen molar-refractivity contribution < 1.29 is 19.0 Å². The number of carbonyl (C=O) groups excluding carboxylic acids is 1. The van der Waals surface area contributed by atoms with E-state index in [1.807, 2.05) is 13.8 Å². The third kappa shape index (κ3) is 5.30. The SMILES string of the molecule is CCOC(=O)c1ccc(OCCC(C)(C)OC)cc1. The van der Waals surface area contributed by atoms with Gasteiger partial charge in [-0.05, 0) is 45.0 Å². The summed E-state index contributed by atoms with van der Waals surface area (Å²) in [7, 11) is 1.69. The largest absolute Gasteiger partial charge is 0.493 e. The first kappa shape index (κ1) is 15.5. The normalized spacial score (nSPS) is 11.2. The van der Waals surface area contributed by atoms with Crippen LogP contribution in [0.25, 0.3) is 0 Å². The third-order valence-corrected chi connectivity index (χ3v) is 2.89. The molecule has 4 heteroatoms. The number of hydrogen-bond acceptors (Lipinski definition) is 4. The molecule has 0 bridgehead atoms. The standard InChI is InChI=1S/C15H22O4/c1-5-18-14(16)12-6-8-13(9-7-12)19-11-10-15(2,3)17-4/h6-9H,5,10-11H2,1-4H3. The van der Waals surface area contributed by atoms with Gasteiger partial charge in [-0.25, -0.2) is 4.79 Å². The molecule has 0 saturated carbocycles. The third-order valence-electron chi connectivity index (χ3n) is 2.89. The maximum Gasteiger partial charge on any atom is 0.338 e. The van der Waals surface area contributed by atoms with Gasteiger partial charge in [0.2, 0.25) is 0 Å². The summed E-state index contributed by atoms with van der Waals surface area (Å²) in [6, 6.07) is 6.95. The Morgan fingerprint density at radius 3 is 2.37 bits per heavy atom. The van der Waals surface area contributed by atoms with E-state index in [4.69, 9.17) is 14.2 Å². The summed E-state index contributed by atoms with van der Waals surface area (Å²) in [6.45, 7) is 6.76. The Balaban J connectivity index is 2.47. The summed E-state index contributed by atoms with van der Waals surface area (Å²) in [5, 5.41) is 0. The summed E-state index contributed by atoms with van der Waals surface area (Å²) >= 11 is 0. The summed E-state index contributed by atoms with van der Waals surface area (Å²) < 4.78 is 15.8. The molecule has 19 heavy (non-hydrogen) atoms. The molecule has 4 nitrogen and oxygen atoms in total. The van der Waals surface area contributed by atoms with Crippen molar-refractivity contribution >= 4 is 5.97 Å². The van der Waals surface area contributed by atoms with Gasteiger partial charge in [0.15, 0.2) is 0 Å². The van der Waals surface area contributed by atoms with Crippen LogP contribution in [0.1, 0.15) is 37.6 Å². The predicted molar refractivity (Wildman–Crippen MR) is 73.6 cm³/mol. The van der Waals surface area contributed by atoms with Crippen LogP contribution in [-0.2, 0) is 9.47 Å². The van der Waals surface area contributed by atoms with Crippen molar-refractivity contribution in [3.8, 4) is 5.75 Å². The highest BCUT2D eigenvalue weighted by molar-refractivity contribution is 5.89. The quantitative estimate of drug-likeness (QED) is 0.711. The fourth-order valence-corrected chi connectivity index (χ4v) is 1.42. The molecule has 0 aromatic heterocycles. The van der Waals surface area contributed by atoms with Crippen molar-refractivity contribution in [2.24, 2.45) is 0 Å². The molecule has 0 unspecified atom stereocenters. The number of ether oxygens (including phenoxy) is 3. The smallest absolute Gasteiger partial charge is 0.338 e. The Kier molecular flexibility index (Phi) is 5.83. The molecular formula is C15H22O4. The molecule has 0 aliphatic heterocycles. The Morgan fingerprint density at radius 2 is 1.84 bits per heavy atom. The summed E-state index contributed by atoms with van der Waals surface area (Å²) in [4.78, 5) is 11.5. The van der Waals surface area contributed by atoms with E-state index in [1.54, 1.807) is 38.3 Å². The minimum atomic E-state index is -0.311. The Hall–Kier alpha value is -1.55. The van der Waals surface area contributed by atoms with Crippen molar-refractivity contribution in [2.75, 3.05) is 20.3 Å². The van der Waals surface area contributed by atoms with Gasteiger partial charge < -0.3 is 14.2 Å². The molecule has 1 aromatic rings. The van der Waals surface area contributed by atoms with Gasteiger partial charge in [-0.3, -0.25) is 0 Å². The highest BCUT2D eigenvalue weighted by Gasteiger charge is 2.16. The second-order valence-corrected chi connectivity index (χ2v) is 4.81. The average molecular weight is 266 g/mol. The van der Waals surface area contributed by atoms with Crippen molar-refractivity contribution in [1.82, 2.24) is 0 Å². The van der Waals surface area contributed by atoms with Crippen molar-refractivity contribution in [1.29, 1.82) is 0 Å². The van der Waals surface area contributed by atoms with Crippen LogP contribution in [0.5, 0.6) is 5.75 Å². The van der Waals surface area contributed by atoms with Crippen molar-refractivity contribution in [2.45, 2.75) is 32.8 Å². The van der Waals surface area contributed by atoms with Gasteiger partial charge in [-0.15, -0.1) is 0 Å². The molecule has 0 spiro atoms. The lowest BCUT2D eigenvalue weighted by atomic mass is 10.1. The predicted octanol–water partition coefficient (Wildman–Crippen LogP) is 3.06. The van der Waals surface area contributed by atoms with Crippen molar-refractivity contribution in [3.63, 3.8) is 0 Å². The van der Waals surface area contributed by atoms with Crippen LogP contribution in [0.4, 0.5) is 0 Å². The highest BCUT2D eigenvalue weighted by Crippen LogP contribution is 2.16. The number of hydrogen-bond donors (Lipinski definition) is 0. The van der Waals surface area contributed by atoms with Gasteiger partial charge in [-0.2, -0.15) is 0 Å². The zero-order valence-electron chi connectivity index (χ0n) is 12.1. The van der Waals surface area contributed by atoms with Crippen LogP contribution in [0.2, 0.25) is 0 Å². The molecule has 0 fully saturated rings. The van der Waals surface area contributed by atoms with Gasteiger partial charge in [0.05, 0.1) is 24.4 Å². The lowest BCUT2D eigenvalue weighted by molar-refractivity contribution is 0.00546. The van der Waals surface area contributed by atoms with Crippen LogP contribution in [0, 0.1) is 0 Å². The van der Waals surface area contributed by atoms with E-state index in [0.29, 0.717) is 18.8 Å². The summed E-state index contributed by atoms with van der Waals surface area (Å²) in [6.07, 6.45) is 0.795. The maximum absolute atomic E-state index is 11.5. The van der Waals surface area contributed by atoms with E-state index in [2.05, 4.69) is 0 Å². The molecule has 0 amide bonds. The fourth-order valence-electron chi connectivity index (χ4n) is 1.42. The van der Waals surface area contributed by atoms with Gasteiger partial charge in [0.1, 0.15) is 5.75 Å². The molecule has 0 saturated heterocycles. The number of carbonyl (C=O) groups is 1. The molecule has 0 N–H and O–H groups in total. The van der Waals surface area contributed by atoms with Gasteiger partial charge >= 0.3 is 5.97 Å². The second-order valence-electron chi connectivity index (χ2n) is 4.81. The molecule has 0 aliphatic carbocycles. The monoisotopic (exact) mass is 266 g/mol. The minimum Gasteiger partial charge on any atom is -0.493 e. The van der Waals surface area contributed by atoms with Gasteiger partial charge in [0.25, 0.3) is 0 Å². The number of methoxy groups -OCH3 is 1. The summed E-state index contributed by atoms with van der Waals surface area (Å²) in [5.41, 5.74) is 0.344. The molecule has 1 aromatic carbocycles. The molecule has 0 aliphatic rings. The second kappa shape index (κ2) is 7.14. The first-order valence-corrected chi connectivity index (χ1v) is 6.43. The lowest BCUT2D eigenvalue weighted by Crippen LogP contribution is -2.25. The van der Waals surface area contributed by atoms with Crippen LogP contribution in [-0.4, -0.2) is 31.9 Å². The number of benzene rings is 1. The minimum absolute atomic E-state index is 0.190. The van der Waals surface area contributed by atoms with Gasteiger partial charge in [0, 0.05) is 13.5 Å². The Bertz CT molecular complexity index is 395. The van der Waals surface area contributed by atoms with E-state index in [-0.39, 0.29) is 11.6 Å². The zero-order chi connectivity index (χ0) is 14.3. The molecular weight excluding hydrogens is 244 g/mol. The Morgan fingerprint density at radius 1 is 1.21 bits per heavy atom. The first-order valence-electron chi connectivity index (χ1n) is 6.43. The van der Waals surface area contributed by atoms with E-state index < -0.39 is 0 Å². The van der Waals surface area contributed by atoms with Crippen LogP contribution in [0.15, 0.2) is 24.3 Å². The zero-order valence-corrected chi connectivity index (χ0v) is 12.1. The lowest BCUT2D eigenvalue weighted by Gasteiger charge is -2.22. The van der Waals surface area contributed by atoms with E-state index in [9.17, 15) is 4.79 Å². The van der Waals surface area contributed by atoms with E-state index >= 15 is 0 Å². The topological polar surface area (TPSA) is 44.8 Å². The molecule has 0 radical (unpaired) electrons. The number of rotatable bonds is 7.